The first-order chi connectivity index (χ1) is 10.5. The Bertz CT molecular complexity index is 607. The number of aliphatic hydroxyl groups is 1. The summed E-state index contributed by atoms with van der Waals surface area (Å²) >= 11 is 0. The highest BCUT2D eigenvalue weighted by Gasteiger charge is 2.10. The number of hydrogen-bond acceptors (Lipinski definition) is 4. The molecule has 0 aliphatic carbocycles. The number of aliphatic hydroxyl groups excluding tert-OH is 1. The Labute approximate surface area is 130 Å². The molecular formula is C17H21FN2O2. The molecule has 2 N–H and O–H groups in total. The summed E-state index contributed by atoms with van der Waals surface area (Å²) < 4.78 is 18.7. The van der Waals surface area contributed by atoms with Gasteiger partial charge in [0.15, 0.2) is 0 Å². The van der Waals surface area contributed by atoms with Crippen LogP contribution in [0.2, 0.25) is 0 Å². The van der Waals surface area contributed by atoms with Crippen molar-refractivity contribution in [1.82, 2.24) is 10.3 Å². The molecule has 4 nitrogen and oxygen atoms in total. The molecule has 118 valence electrons. The maximum Gasteiger partial charge on any atom is 0.141 e. The highest BCUT2D eigenvalue weighted by molar-refractivity contribution is 5.27. The van der Waals surface area contributed by atoms with Gasteiger partial charge in [-0.25, -0.2) is 4.39 Å². The lowest BCUT2D eigenvalue weighted by Crippen LogP contribution is -2.33. The van der Waals surface area contributed by atoms with Crippen molar-refractivity contribution in [2.24, 2.45) is 0 Å². The van der Waals surface area contributed by atoms with E-state index in [1.807, 2.05) is 38.1 Å². The minimum Gasteiger partial charge on any atom is -0.491 e. The number of nitrogens with zero attached hydrogens (tertiary/aromatic N) is 1. The van der Waals surface area contributed by atoms with Crippen molar-refractivity contribution in [3.63, 3.8) is 0 Å². The molecule has 1 aromatic carbocycles. The summed E-state index contributed by atoms with van der Waals surface area (Å²) in [5, 5.41) is 13.1. The summed E-state index contributed by atoms with van der Waals surface area (Å²) in [4.78, 5) is 3.81. The van der Waals surface area contributed by atoms with Gasteiger partial charge in [0.1, 0.15) is 24.3 Å². The molecule has 2 aromatic rings. The molecule has 2 atom stereocenters. The Kier molecular flexibility index (Phi) is 5.86. The lowest BCUT2D eigenvalue weighted by atomic mass is 10.1. The molecule has 0 amide bonds. The van der Waals surface area contributed by atoms with Gasteiger partial charge in [-0.15, -0.1) is 0 Å². The largest absolute Gasteiger partial charge is 0.491 e. The van der Waals surface area contributed by atoms with E-state index in [9.17, 15) is 9.50 Å². The van der Waals surface area contributed by atoms with Gasteiger partial charge >= 0.3 is 0 Å². The highest BCUT2D eigenvalue weighted by atomic mass is 19.1. The van der Waals surface area contributed by atoms with Crippen LogP contribution >= 0.6 is 0 Å². The van der Waals surface area contributed by atoms with Crippen molar-refractivity contribution >= 4 is 0 Å². The van der Waals surface area contributed by atoms with E-state index >= 15 is 0 Å². The van der Waals surface area contributed by atoms with Gasteiger partial charge in [-0.1, -0.05) is 12.1 Å². The van der Waals surface area contributed by atoms with Crippen molar-refractivity contribution < 1.29 is 14.2 Å². The van der Waals surface area contributed by atoms with Crippen molar-refractivity contribution in [2.75, 3.05) is 13.2 Å². The molecule has 0 radical (unpaired) electrons. The number of hydrogen-bond donors (Lipinski definition) is 2. The maximum atomic E-state index is 13.1. The molecule has 0 spiro atoms. The van der Waals surface area contributed by atoms with Crippen molar-refractivity contribution in [1.29, 1.82) is 0 Å². The van der Waals surface area contributed by atoms with Crippen LogP contribution in [-0.2, 0) is 0 Å². The zero-order chi connectivity index (χ0) is 15.9. The monoisotopic (exact) mass is 304 g/mol. The molecule has 0 aliphatic rings. The van der Waals surface area contributed by atoms with E-state index in [4.69, 9.17) is 4.74 Å². The number of nitrogens with one attached hydrogen (secondary N) is 1. The van der Waals surface area contributed by atoms with Gasteiger partial charge in [-0.2, -0.15) is 0 Å². The van der Waals surface area contributed by atoms with E-state index in [0.29, 0.717) is 6.54 Å². The van der Waals surface area contributed by atoms with Gasteiger partial charge in [-0.05, 0) is 43.2 Å². The minimum atomic E-state index is -0.649. The molecule has 1 aromatic heterocycles. The summed E-state index contributed by atoms with van der Waals surface area (Å²) in [6, 6.07) is 9.00. The molecule has 5 heteroatoms. The summed E-state index contributed by atoms with van der Waals surface area (Å²) in [6.45, 7) is 4.43. The minimum absolute atomic E-state index is 0.100. The van der Waals surface area contributed by atoms with Gasteiger partial charge in [0.2, 0.25) is 0 Å². The molecular weight excluding hydrogens is 283 g/mol. The van der Waals surface area contributed by atoms with Crippen LogP contribution in [0.4, 0.5) is 4.39 Å². The second-order valence-corrected chi connectivity index (χ2v) is 5.35. The Hall–Kier alpha value is -1.98. The quantitative estimate of drug-likeness (QED) is 0.825. The van der Waals surface area contributed by atoms with Crippen molar-refractivity contribution in [3.05, 3.63) is 59.7 Å². The fourth-order valence-electron chi connectivity index (χ4n) is 2.05. The van der Waals surface area contributed by atoms with Gasteiger partial charge < -0.3 is 15.2 Å². The van der Waals surface area contributed by atoms with E-state index in [-0.39, 0.29) is 18.5 Å². The number of benzene rings is 1. The van der Waals surface area contributed by atoms with Crippen molar-refractivity contribution in [2.45, 2.75) is 26.0 Å². The Balaban J connectivity index is 1.76. The normalized spacial score (nSPS) is 13.6. The smallest absolute Gasteiger partial charge is 0.141 e. The van der Waals surface area contributed by atoms with Crippen molar-refractivity contribution in [3.8, 4) is 5.75 Å². The third-order valence-electron chi connectivity index (χ3n) is 3.32. The van der Waals surface area contributed by atoms with Crippen LogP contribution in [0.5, 0.6) is 5.75 Å². The first-order valence-electron chi connectivity index (χ1n) is 7.26. The summed E-state index contributed by atoms with van der Waals surface area (Å²) in [5.41, 5.74) is 1.85. The molecule has 0 aliphatic heterocycles. The van der Waals surface area contributed by atoms with Crippen LogP contribution < -0.4 is 10.1 Å². The fourth-order valence-corrected chi connectivity index (χ4v) is 2.05. The second-order valence-electron chi connectivity index (χ2n) is 5.35. The van der Waals surface area contributed by atoms with Gasteiger partial charge in [-0.3, -0.25) is 4.98 Å². The summed E-state index contributed by atoms with van der Waals surface area (Å²) in [7, 11) is 0. The highest BCUT2D eigenvalue weighted by Crippen LogP contribution is 2.13. The number of rotatable bonds is 7. The van der Waals surface area contributed by atoms with E-state index in [1.165, 1.54) is 12.3 Å². The first kappa shape index (κ1) is 16.4. The lowest BCUT2D eigenvalue weighted by Gasteiger charge is -2.18. The number of pyridine rings is 1. The standard InChI is InChI=1S/C17H21FN2O2/c1-12-4-3-5-17(6-12)22-11-16(21)10-20-13(2)14-7-15(18)9-19-8-14/h3-9,13,16,20-21H,10-11H2,1-2H3/t13-,16-/m0/s1. The molecule has 0 saturated heterocycles. The second kappa shape index (κ2) is 7.87. The maximum absolute atomic E-state index is 13.1. The summed E-state index contributed by atoms with van der Waals surface area (Å²) in [6.07, 6.45) is 2.13. The fraction of sp³-hybridized carbons (Fsp3) is 0.353. The Morgan fingerprint density at radius 1 is 1.32 bits per heavy atom. The van der Waals surface area contributed by atoms with Crippen LogP contribution in [0.15, 0.2) is 42.7 Å². The first-order valence-corrected chi connectivity index (χ1v) is 7.26. The summed E-state index contributed by atoms with van der Waals surface area (Å²) in [5.74, 6) is 0.371. The van der Waals surface area contributed by atoms with Gasteiger partial charge in [0.05, 0.1) is 6.20 Å². The molecule has 0 bridgehead atoms. The van der Waals surface area contributed by atoms with Crippen LogP contribution in [-0.4, -0.2) is 29.3 Å². The molecule has 1 heterocycles. The van der Waals surface area contributed by atoms with E-state index in [0.717, 1.165) is 16.9 Å². The number of aryl methyl sites for hydroxylation is 1. The molecule has 0 fully saturated rings. The molecule has 2 rings (SSSR count). The lowest BCUT2D eigenvalue weighted by molar-refractivity contribution is 0.104. The van der Waals surface area contributed by atoms with Crippen LogP contribution in [0.25, 0.3) is 0 Å². The van der Waals surface area contributed by atoms with E-state index < -0.39 is 6.10 Å². The molecule has 0 saturated carbocycles. The molecule has 0 unspecified atom stereocenters. The predicted molar refractivity (Wildman–Crippen MR) is 83.3 cm³/mol. The number of halogens is 1. The molecule has 22 heavy (non-hydrogen) atoms. The number of aromatic nitrogens is 1. The van der Waals surface area contributed by atoms with Gasteiger partial charge in [0.25, 0.3) is 0 Å². The van der Waals surface area contributed by atoms with Crippen LogP contribution in [0.3, 0.4) is 0 Å². The SMILES string of the molecule is Cc1cccc(OC[C@@H](O)CN[C@@H](C)c2cncc(F)c2)c1. The topological polar surface area (TPSA) is 54.4 Å². The van der Waals surface area contributed by atoms with Crippen LogP contribution in [0, 0.1) is 12.7 Å². The Morgan fingerprint density at radius 3 is 2.86 bits per heavy atom. The van der Waals surface area contributed by atoms with E-state index in [2.05, 4.69) is 10.3 Å². The van der Waals surface area contributed by atoms with Gasteiger partial charge in [0, 0.05) is 18.8 Å². The van der Waals surface area contributed by atoms with E-state index in [1.54, 1.807) is 6.20 Å². The third kappa shape index (κ3) is 5.09. The van der Waals surface area contributed by atoms with Crippen LogP contribution in [0.1, 0.15) is 24.1 Å². The number of ether oxygens (including phenoxy) is 1. The predicted octanol–water partition coefficient (Wildman–Crippen LogP) is 2.62. The average Bonchev–Trinajstić information content (AvgIpc) is 2.50. The third-order valence-corrected chi connectivity index (χ3v) is 3.32. The zero-order valence-corrected chi connectivity index (χ0v) is 12.8. The zero-order valence-electron chi connectivity index (χ0n) is 12.8. The Morgan fingerprint density at radius 2 is 2.14 bits per heavy atom. The average molecular weight is 304 g/mol.